The van der Waals surface area contributed by atoms with Crippen LogP contribution in [0.3, 0.4) is 0 Å². The molecule has 1 aliphatic carbocycles. The van der Waals surface area contributed by atoms with E-state index in [1.165, 1.54) is 25.7 Å². The molecule has 0 aromatic heterocycles. The molecule has 0 aromatic carbocycles. The fourth-order valence-corrected chi connectivity index (χ4v) is 2.50. The van der Waals surface area contributed by atoms with E-state index >= 15 is 0 Å². The fraction of sp³-hybridized carbons (Fsp3) is 1.00. The molecule has 0 amide bonds. The van der Waals surface area contributed by atoms with Crippen LogP contribution in [-0.4, -0.2) is 15.7 Å². The molecule has 2 heteroatoms. The van der Waals surface area contributed by atoms with Crippen molar-refractivity contribution in [1.29, 1.82) is 0 Å². The summed E-state index contributed by atoms with van der Waals surface area (Å²) in [5.41, 5.74) is 0. The highest BCUT2D eigenvalue weighted by Crippen LogP contribution is 2.25. The Hall–Kier alpha value is 0.150. The number of rotatable bonds is 1. The van der Waals surface area contributed by atoms with E-state index in [9.17, 15) is 4.21 Å². The zero-order valence-electron chi connectivity index (χ0n) is 6.80. The second kappa shape index (κ2) is 3.51. The van der Waals surface area contributed by atoms with Gasteiger partial charge in [-0.15, -0.1) is 0 Å². The van der Waals surface area contributed by atoms with Crippen molar-refractivity contribution in [2.24, 2.45) is 5.92 Å². The summed E-state index contributed by atoms with van der Waals surface area (Å²) in [5, 5.41) is 0.510. The van der Waals surface area contributed by atoms with Crippen LogP contribution in [0.2, 0.25) is 0 Å². The van der Waals surface area contributed by atoms with Crippen LogP contribution in [0.25, 0.3) is 0 Å². The van der Waals surface area contributed by atoms with Crippen LogP contribution in [0.4, 0.5) is 0 Å². The van der Waals surface area contributed by atoms with E-state index in [1.54, 1.807) is 0 Å². The molecular weight excluding hydrogens is 144 g/mol. The molecule has 1 rings (SSSR count). The van der Waals surface area contributed by atoms with Crippen molar-refractivity contribution in [3.8, 4) is 0 Å². The Kier molecular flexibility index (Phi) is 2.90. The van der Waals surface area contributed by atoms with Gasteiger partial charge in [0.25, 0.3) is 0 Å². The molecule has 0 heterocycles. The summed E-state index contributed by atoms with van der Waals surface area (Å²) in [6.45, 7) is 2.29. The molecule has 0 aliphatic heterocycles. The van der Waals surface area contributed by atoms with Crippen LogP contribution in [0.1, 0.15) is 32.6 Å². The zero-order valence-corrected chi connectivity index (χ0v) is 7.62. The molecule has 10 heavy (non-hydrogen) atoms. The summed E-state index contributed by atoms with van der Waals surface area (Å²) in [5.74, 6) is 0.875. The summed E-state index contributed by atoms with van der Waals surface area (Å²) in [7, 11) is -0.567. The van der Waals surface area contributed by atoms with E-state index < -0.39 is 10.8 Å². The van der Waals surface area contributed by atoms with Gasteiger partial charge in [0, 0.05) is 22.3 Å². The first kappa shape index (κ1) is 8.25. The zero-order chi connectivity index (χ0) is 7.56. The highest BCUT2D eigenvalue weighted by atomic mass is 32.2. The van der Waals surface area contributed by atoms with Crippen LogP contribution >= 0.6 is 0 Å². The largest absolute Gasteiger partial charge is 0.260 e. The van der Waals surface area contributed by atoms with Crippen LogP contribution in [-0.2, 0) is 10.8 Å². The molecule has 1 aliphatic rings. The van der Waals surface area contributed by atoms with E-state index in [1.807, 2.05) is 6.26 Å². The maximum Gasteiger partial charge on any atom is 0.0345 e. The molecule has 1 nitrogen and oxygen atoms in total. The fourth-order valence-electron chi connectivity index (χ4n) is 1.56. The molecule has 0 saturated heterocycles. The molecular formula is C8H16OS. The van der Waals surface area contributed by atoms with Gasteiger partial charge in [-0.1, -0.05) is 6.92 Å². The topological polar surface area (TPSA) is 17.1 Å². The predicted octanol–water partition coefficient (Wildman–Crippen LogP) is 1.94. The molecule has 1 fully saturated rings. The minimum absolute atomic E-state index is 0.510. The first-order valence-corrected chi connectivity index (χ1v) is 5.64. The third kappa shape index (κ3) is 2.08. The molecule has 0 N–H and O–H groups in total. The van der Waals surface area contributed by atoms with Crippen molar-refractivity contribution in [3.05, 3.63) is 0 Å². The Balaban J connectivity index is 2.33. The Bertz CT molecular complexity index is 125. The highest BCUT2D eigenvalue weighted by molar-refractivity contribution is 7.84. The lowest BCUT2D eigenvalue weighted by molar-refractivity contribution is 0.389. The lowest BCUT2D eigenvalue weighted by Gasteiger charge is -2.23. The summed E-state index contributed by atoms with van der Waals surface area (Å²) in [6.07, 6.45) is 6.77. The summed E-state index contributed by atoms with van der Waals surface area (Å²) >= 11 is 0. The number of hydrogen-bond donors (Lipinski definition) is 0. The molecule has 0 unspecified atom stereocenters. The quantitative estimate of drug-likeness (QED) is 0.573. The number of hydrogen-bond acceptors (Lipinski definition) is 1. The Labute approximate surface area is 65.7 Å². The molecule has 0 radical (unpaired) electrons. The molecule has 1 saturated carbocycles. The average Bonchev–Trinajstić information content (AvgIpc) is 1.88. The van der Waals surface area contributed by atoms with Crippen molar-refractivity contribution in [1.82, 2.24) is 0 Å². The Morgan fingerprint density at radius 2 is 1.70 bits per heavy atom. The van der Waals surface area contributed by atoms with E-state index in [4.69, 9.17) is 0 Å². The second-order valence-electron chi connectivity index (χ2n) is 3.38. The van der Waals surface area contributed by atoms with Crippen LogP contribution < -0.4 is 0 Å². The van der Waals surface area contributed by atoms with Crippen molar-refractivity contribution in [2.45, 2.75) is 37.9 Å². The molecule has 60 valence electrons. The van der Waals surface area contributed by atoms with Gasteiger partial charge in [0.15, 0.2) is 0 Å². The van der Waals surface area contributed by atoms with Gasteiger partial charge in [-0.3, -0.25) is 4.21 Å². The first-order chi connectivity index (χ1) is 4.70. The Morgan fingerprint density at radius 1 is 1.20 bits per heavy atom. The summed E-state index contributed by atoms with van der Waals surface area (Å²) in [4.78, 5) is 0. The third-order valence-corrected chi connectivity index (χ3v) is 3.84. The van der Waals surface area contributed by atoms with Gasteiger partial charge in [0.1, 0.15) is 0 Å². The van der Waals surface area contributed by atoms with E-state index in [0.29, 0.717) is 5.25 Å². The normalized spacial score (nSPS) is 37.4. The smallest absolute Gasteiger partial charge is 0.0345 e. The van der Waals surface area contributed by atoms with Gasteiger partial charge >= 0.3 is 0 Å². The lowest BCUT2D eigenvalue weighted by Crippen LogP contribution is -2.20. The third-order valence-electron chi connectivity index (χ3n) is 2.43. The molecule has 1 atom stereocenters. The minimum Gasteiger partial charge on any atom is -0.260 e. The highest BCUT2D eigenvalue weighted by Gasteiger charge is 2.20. The molecule has 0 spiro atoms. The van der Waals surface area contributed by atoms with Crippen molar-refractivity contribution in [2.75, 3.05) is 6.26 Å². The van der Waals surface area contributed by atoms with Gasteiger partial charge in [-0.2, -0.15) is 0 Å². The van der Waals surface area contributed by atoms with Crippen LogP contribution in [0.15, 0.2) is 0 Å². The van der Waals surface area contributed by atoms with Crippen molar-refractivity contribution in [3.63, 3.8) is 0 Å². The minimum atomic E-state index is -0.567. The summed E-state index contributed by atoms with van der Waals surface area (Å²) in [6, 6.07) is 0. The van der Waals surface area contributed by atoms with Gasteiger partial charge in [0.05, 0.1) is 0 Å². The van der Waals surface area contributed by atoms with E-state index in [0.717, 1.165) is 5.92 Å². The maximum absolute atomic E-state index is 11.0. The predicted molar refractivity (Wildman–Crippen MR) is 45.5 cm³/mol. The van der Waals surface area contributed by atoms with Gasteiger partial charge < -0.3 is 0 Å². The van der Waals surface area contributed by atoms with Gasteiger partial charge in [-0.05, 0) is 31.6 Å². The van der Waals surface area contributed by atoms with Gasteiger partial charge in [-0.25, -0.2) is 0 Å². The first-order valence-electron chi connectivity index (χ1n) is 4.02. The van der Waals surface area contributed by atoms with Crippen molar-refractivity contribution >= 4 is 10.8 Å². The maximum atomic E-state index is 11.0. The monoisotopic (exact) mass is 160 g/mol. The Morgan fingerprint density at radius 3 is 2.10 bits per heavy atom. The molecule has 0 bridgehead atoms. The molecule has 0 aromatic rings. The van der Waals surface area contributed by atoms with Gasteiger partial charge in [0.2, 0.25) is 0 Å². The summed E-state index contributed by atoms with van der Waals surface area (Å²) < 4.78 is 11.0. The standard InChI is InChI=1S/C8H16OS/c1-7-3-5-8(6-4-7)10(2)9/h7-8H,3-6H2,1-2H3/t7?,8?,10-/m1/s1. The lowest BCUT2D eigenvalue weighted by atomic mass is 9.91. The van der Waals surface area contributed by atoms with Crippen molar-refractivity contribution < 1.29 is 4.21 Å². The average molecular weight is 160 g/mol. The second-order valence-corrected chi connectivity index (χ2v) is 5.04. The van der Waals surface area contributed by atoms with E-state index in [2.05, 4.69) is 6.92 Å². The van der Waals surface area contributed by atoms with Crippen LogP contribution in [0, 0.1) is 5.92 Å². The van der Waals surface area contributed by atoms with E-state index in [-0.39, 0.29) is 0 Å². The van der Waals surface area contributed by atoms with Crippen LogP contribution in [0.5, 0.6) is 0 Å². The SMILES string of the molecule is CC1CCC([S@@](C)=O)CC1.